The number of hydrogen-bond acceptors (Lipinski definition) is 7. The summed E-state index contributed by atoms with van der Waals surface area (Å²) in [6, 6.07) is 11.8. The summed E-state index contributed by atoms with van der Waals surface area (Å²) in [4.78, 5) is 30.3. The van der Waals surface area contributed by atoms with Gasteiger partial charge in [0, 0.05) is 76.0 Å². The van der Waals surface area contributed by atoms with Gasteiger partial charge in [0.2, 0.25) is 0 Å². The number of rotatable bonds is 8. The van der Waals surface area contributed by atoms with E-state index in [1.807, 2.05) is 29.2 Å². The van der Waals surface area contributed by atoms with Crippen LogP contribution < -0.4 is 30.7 Å². The van der Waals surface area contributed by atoms with E-state index in [-0.39, 0.29) is 42.9 Å². The topological polar surface area (TPSA) is 109 Å². The first-order chi connectivity index (χ1) is 22.2. The van der Waals surface area contributed by atoms with Crippen molar-refractivity contribution in [3.63, 3.8) is 0 Å². The third kappa shape index (κ3) is 9.09. The van der Waals surface area contributed by atoms with Gasteiger partial charge in [-0.25, -0.2) is 0 Å². The average molecular weight is 705 g/mol. The number of hydrogen-bond donors (Lipinski definition) is 3. The maximum Gasteiger partial charge on any atom is 0.253 e. The highest BCUT2D eigenvalue weighted by atomic mass is 35.5. The SMILES string of the molecule is CC(C)(C)C1CCC(c2cc(C(=O)N3CCC(Oc4cc(N5CCNCC5)ccc4C(N)=O)CC3)ccc2O[C@H]2CCNC2)CC1.Cl.Cl. The number of likely N-dealkylation sites (tertiary alicyclic amines) is 1. The van der Waals surface area contributed by atoms with Gasteiger partial charge >= 0.3 is 0 Å². The molecule has 1 saturated carbocycles. The van der Waals surface area contributed by atoms with E-state index in [4.69, 9.17) is 15.2 Å². The van der Waals surface area contributed by atoms with E-state index in [0.717, 1.165) is 81.4 Å². The van der Waals surface area contributed by atoms with Gasteiger partial charge in [-0.3, -0.25) is 9.59 Å². The average Bonchev–Trinajstić information content (AvgIpc) is 3.58. The fourth-order valence-electron chi connectivity index (χ4n) is 7.76. The minimum absolute atomic E-state index is 0. The van der Waals surface area contributed by atoms with Gasteiger partial charge in [-0.2, -0.15) is 0 Å². The number of nitrogens with two attached hydrogens (primary N) is 1. The number of carbonyl (C=O) groups is 2. The molecule has 0 radical (unpaired) electrons. The highest BCUT2D eigenvalue weighted by Gasteiger charge is 2.33. The Labute approximate surface area is 298 Å². The van der Waals surface area contributed by atoms with Crippen LogP contribution >= 0.6 is 24.8 Å². The highest BCUT2D eigenvalue weighted by molar-refractivity contribution is 5.96. The zero-order chi connectivity index (χ0) is 32.3. The lowest BCUT2D eigenvalue weighted by Gasteiger charge is -2.37. The lowest BCUT2D eigenvalue weighted by Crippen LogP contribution is -2.43. The molecule has 3 saturated heterocycles. The van der Waals surface area contributed by atoms with Crippen molar-refractivity contribution < 1.29 is 19.1 Å². The second-order valence-electron chi connectivity index (χ2n) is 14.8. The molecule has 2 aromatic rings. The zero-order valence-corrected chi connectivity index (χ0v) is 30.4. The number of piperidine rings is 1. The molecule has 1 atom stereocenters. The van der Waals surface area contributed by atoms with Crippen LogP contribution in [0.4, 0.5) is 5.69 Å². The zero-order valence-electron chi connectivity index (χ0n) is 28.8. The number of ether oxygens (including phenoxy) is 2. The van der Waals surface area contributed by atoms with E-state index in [1.165, 1.54) is 18.4 Å². The van der Waals surface area contributed by atoms with Crippen molar-refractivity contribution in [2.45, 2.75) is 83.8 Å². The normalized spacial score (nSPS) is 23.5. The van der Waals surface area contributed by atoms with Gasteiger partial charge in [0.25, 0.3) is 11.8 Å². The molecule has 0 bridgehead atoms. The molecule has 1 aliphatic carbocycles. The number of benzene rings is 2. The molecule has 6 rings (SSSR count). The van der Waals surface area contributed by atoms with Crippen molar-refractivity contribution in [1.82, 2.24) is 15.5 Å². The van der Waals surface area contributed by atoms with Gasteiger partial charge in [0.05, 0.1) is 5.56 Å². The molecule has 3 aliphatic heterocycles. The lowest BCUT2D eigenvalue weighted by molar-refractivity contribution is 0.0594. The second-order valence-corrected chi connectivity index (χ2v) is 14.8. The Hall–Kier alpha value is -2.72. The van der Waals surface area contributed by atoms with Crippen LogP contribution in [0.2, 0.25) is 0 Å². The maximum absolute atomic E-state index is 13.9. The van der Waals surface area contributed by atoms with E-state index < -0.39 is 5.91 Å². The molecule has 2 aromatic carbocycles. The summed E-state index contributed by atoms with van der Waals surface area (Å²) in [5.74, 6) is 2.19. The van der Waals surface area contributed by atoms with Crippen LogP contribution in [0.15, 0.2) is 36.4 Å². The number of amides is 2. The van der Waals surface area contributed by atoms with E-state index in [0.29, 0.717) is 48.6 Å². The number of carbonyl (C=O) groups excluding carboxylic acids is 2. The fourth-order valence-corrected chi connectivity index (χ4v) is 7.76. The third-order valence-corrected chi connectivity index (χ3v) is 10.7. The molecule has 0 unspecified atom stereocenters. The molecule has 11 heteroatoms. The van der Waals surface area contributed by atoms with Crippen molar-refractivity contribution in [1.29, 1.82) is 0 Å². The van der Waals surface area contributed by atoms with E-state index in [2.05, 4.69) is 42.4 Å². The van der Waals surface area contributed by atoms with Gasteiger partial charge in [-0.15, -0.1) is 24.8 Å². The molecule has 0 aromatic heterocycles. The molecule has 9 nitrogen and oxygen atoms in total. The van der Waals surface area contributed by atoms with E-state index in [1.54, 1.807) is 6.07 Å². The molecular formula is C37H55Cl2N5O4. The molecular weight excluding hydrogens is 649 g/mol. The minimum atomic E-state index is -0.492. The molecule has 4 N–H and O–H groups in total. The summed E-state index contributed by atoms with van der Waals surface area (Å²) in [6.45, 7) is 13.8. The van der Waals surface area contributed by atoms with Gasteiger partial charge in [-0.1, -0.05) is 20.8 Å². The predicted octanol–water partition coefficient (Wildman–Crippen LogP) is 5.78. The smallest absolute Gasteiger partial charge is 0.253 e. The second kappa shape index (κ2) is 16.8. The lowest BCUT2D eigenvalue weighted by atomic mass is 9.68. The summed E-state index contributed by atoms with van der Waals surface area (Å²) < 4.78 is 13.0. The van der Waals surface area contributed by atoms with Gasteiger partial charge in [-0.05, 0) is 91.8 Å². The number of nitrogens with zero attached hydrogens (tertiary/aromatic N) is 2. The first kappa shape index (κ1) is 38.1. The van der Waals surface area contributed by atoms with Crippen LogP contribution in [0.5, 0.6) is 11.5 Å². The van der Waals surface area contributed by atoms with Crippen molar-refractivity contribution in [3.05, 3.63) is 53.1 Å². The van der Waals surface area contributed by atoms with Gasteiger partial charge in [0.15, 0.2) is 0 Å². The van der Waals surface area contributed by atoms with E-state index in [9.17, 15) is 9.59 Å². The summed E-state index contributed by atoms with van der Waals surface area (Å²) in [5.41, 5.74) is 9.41. The largest absolute Gasteiger partial charge is 0.489 e. The van der Waals surface area contributed by atoms with Crippen LogP contribution in [0.25, 0.3) is 0 Å². The number of anilines is 1. The van der Waals surface area contributed by atoms with Crippen molar-refractivity contribution in [2.75, 3.05) is 57.3 Å². The molecule has 2 amide bonds. The predicted molar refractivity (Wildman–Crippen MR) is 197 cm³/mol. The first-order valence-corrected chi connectivity index (χ1v) is 17.5. The van der Waals surface area contributed by atoms with Gasteiger partial charge < -0.3 is 35.6 Å². The summed E-state index contributed by atoms with van der Waals surface area (Å²) in [6.07, 6.45) is 7.16. The van der Waals surface area contributed by atoms with Crippen molar-refractivity contribution >= 4 is 42.3 Å². The summed E-state index contributed by atoms with van der Waals surface area (Å²) in [5, 5.41) is 6.78. The maximum atomic E-state index is 13.9. The van der Waals surface area contributed by atoms with Crippen LogP contribution in [-0.2, 0) is 0 Å². The quantitative estimate of drug-likeness (QED) is 0.320. The van der Waals surface area contributed by atoms with Crippen LogP contribution in [0, 0.1) is 11.3 Å². The Kier molecular flexibility index (Phi) is 13.3. The van der Waals surface area contributed by atoms with E-state index >= 15 is 0 Å². The van der Waals surface area contributed by atoms with Gasteiger partial charge in [0.1, 0.15) is 23.7 Å². The Morgan fingerprint density at radius 3 is 2.08 bits per heavy atom. The third-order valence-electron chi connectivity index (χ3n) is 10.7. The summed E-state index contributed by atoms with van der Waals surface area (Å²) in [7, 11) is 0. The minimum Gasteiger partial charge on any atom is -0.489 e. The Bertz CT molecular complexity index is 1370. The Morgan fingerprint density at radius 2 is 1.46 bits per heavy atom. The molecule has 3 heterocycles. The molecule has 266 valence electrons. The number of halogens is 2. The van der Waals surface area contributed by atoms with Crippen molar-refractivity contribution in [2.24, 2.45) is 17.1 Å². The Balaban J connectivity index is 0.00000260. The standard InChI is InChI=1S/C37H53N5O4.2ClH/c1-37(2,3)27-7-4-25(5-8-27)32-22-26(6-11-33(32)46-30-12-15-40-24-30)36(44)42-18-13-29(14-19-42)45-34-23-28(9-10-31(34)35(38)43)41-20-16-39-17-21-41;;/h6,9-11,22-23,25,27,29-30,39-40H,4-5,7-8,12-21,24H2,1-3H3,(H2,38,43);2*1H/t25?,27?,30-;;/m0../s1. The number of primary amides is 1. The molecule has 0 spiro atoms. The van der Waals surface area contributed by atoms with Crippen LogP contribution in [0.1, 0.15) is 97.9 Å². The monoisotopic (exact) mass is 703 g/mol. The van der Waals surface area contributed by atoms with Crippen LogP contribution in [-0.4, -0.2) is 81.3 Å². The molecule has 4 fully saturated rings. The number of nitrogens with one attached hydrogen (secondary N) is 2. The summed E-state index contributed by atoms with van der Waals surface area (Å²) >= 11 is 0. The van der Waals surface area contributed by atoms with Crippen LogP contribution in [0.3, 0.4) is 0 Å². The molecule has 48 heavy (non-hydrogen) atoms. The number of piperazine rings is 1. The fraction of sp³-hybridized carbons (Fsp3) is 0.622. The first-order valence-electron chi connectivity index (χ1n) is 17.5. The highest BCUT2D eigenvalue weighted by Crippen LogP contribution is 2.45. The van der Waals surface area contributed by atoms with Crippen molar-refractivity contribution in [3.8, 4) is 11.5 Å². The molecule has 4 aliphatic rings. The Morgan fingerprint density at radius 1 is 0.771 bits per heavy atom.